The zero-order valence-electron chi connectivity index (χ0n) is 40.0. The Labute approximate surface area is 407 Å². The van der Waals surface area contributed by atoms with Gasteiger partial charge in [0.2, 0.25) is 21.8 Å². The Bertz CT molecular complexity index is 2900. The van der Waals surface area contributed by atoms with Crippen molar-refractivity contribution >= 4 is 56.2 Å². The minimum atomic E-state index is -4.02. The van der Waals surface area contributed by atoms with Crippen molar-refractivity contribution in [1.82, 2.24) is 34.8 Å². The van der Waals surface area contributed by atoms with Crippen LogP contribution in [0, 0.1) is 5.92 Å². The Morgan fingerprint density at radius 2 is 1.65 bits per heavy atom. The van der Waals surface area contributed by atoms with E-state index in [-0.39, 0.29) is 25.4 Å². The zero-order valence-corrected chi connectivity index (χ0v) is 41.6. The topological polar surface area (TPSA) is 191 Å². The van der Waals surface area contributed by atoms with E-state index in [1.54, 1.807) is 27.7 Å². The summed E-state index contributed by atoms with van der Waals surface area (Å²) in [6, 6.07) is 22.5. The van der Waals surface area contributed by atoms with Gasteiger partial charge in [0.15, 0.2) is 0 Å². The number of nitrogens with one attached hydrogen (secondary N) is 3. The van der Waals surface area contributed by atoms with Crippen LogP contribution in [0.5, 0.6) is 6.01 Å². The van der Waals surface area contributed by atoms with Gasteiger partial charge in [-0.05, 0) is 103 Å². The van der Waals surface area contributed by atoms with Crippen molar-refractivity contribution < 1.29 is 37.1 Å². The smallest absolute Gasteiger partial charge is 0.408 e. The van der Waals surface area contributed by atoms with Crippen LogP contribution in [-0.4, -0.2) is 92.3 Å². The number of allylic oxidation sites excluding steroid dienone is 1. The first-order valence-corrected chi connectivity index (χ1v) is 26.4. The molecule has 1 saturated heterocycles. The second-order valence-electron chi connectivity index (χ2n) is 20.4. The monoisotopic (exact) mass is 975 g/mol. The number of amides is 4. The first kappa shape index (κ1) is 48.0. The number of hydrogen-bond acceptors (Lipinski definition) is 11. The number of benzene rings is 3. The van der Waals surface area contributed by atoms with Gasteiger partial charge in [-0.1, -0.05) is 85.7 Å². The molecule has 2 aliphatic heterocycles. The molecule has 5 atom stereocenters. The third-order valence-corrected chi connectivity index (χ3v) is 16.7. The number of sulfonamides is 1. The highest BCUT2D eigenvalue weighted by Gasteiger charge is 2.63. The molecule has 4 heterocycles. The van der Waals surface area contributed by atoms with Gasteiger partial charge in [0.05, 0.1) is 22.5 Å². The number of fused-ring (bicyclic) bond motifs is 3. The lowest BCUT2D eigenvalue weighted by Gasteiger charge is -2.30. The van der Waals surface area contributed by atoms with Gasteiger partial charge in [-0.2, -0.15) is 4.98 Å². The lowest BCUT2D eigenvalue weighted by molar-refractivity contribution is -0.141. The normalized spacial score (nSPS) is 24.3. The summed E-state index contributed by atoms with van der Waals surface area (Å²) in [5.41, 5.74) is 4.05. The minimum absolute atomic E-state index is 0.0262. The fourth-order valence-corrected chi connectivity index (χ4v) is 11.6. The van der Waals surface area contributed by atoms with E-state index in [2.05, 4.69) is 51.8 Å². The van der Waals surface area contributed by atoms with E-state index in [0.717, 1.165) is 51.3 Å². The van der Waals surface area contributed by atoms with Crippen molar-refractivity contribution in [3.63, 3.8) is 0 Å². The van der Waals surface area contributed by atoms with Crippen LogP contribution < -0.4 is 20.1 Å². The molecule has 3 fully saturated rings. The number of alkyl carbamates (subject to hydrolysis) is 1. The molecule has 0 bridgehead atoms. The summed E-state index contributed by atoms with van der Waals surface area (Å²) < 4.78 is 42.3. The van der Waals surface area contributed by atoms with Crippen LogP contribution in [0.15, 0.2) is 90.3 Å². The molecule has 3 N–H and O–H groups in total. The fraction of sp³-hybridized carbons (Fsp3) is 0.462. The number of ether oxygens (including phenoxy) is 2. The number of imidazole rings is 1. The van der Waals surface area contributed by atoms with Crippen molar-refractivity contribution in [2.75, 3.05) is 6.54 Å². The van der Waals surface area contributed by atoms with Crippen LogP contribution in [0.1, 0.15) is 105 Å². The molecule has 2 aromatic heterocycles. The maximum Gasteiger partial charge on any atom is 0.408 e. The van der Waals surface area contributed by atoms with Crippen LogP contribution in [0.4, 0.5) is 4.79 Å². The molecule has 4 amide bonds. The fourth-order valence-electron chi connectivity index (χ4n) is 9.39. The Hall–Kier alpha value is -6.07. The van der Waals surface area contributed by atoms with Crippen LogP contribution in [-0.2, 0) is 29.1 Å². The molecule has 0 unspecified atom stereocenters. The van der Waals surface area contributed by atoms with Gasteiger partial charge in [-0.15, -0.1) is 11.3 Å². The Kier molecular flexibility index (Phi) is 13.0. The van der Waals surface area contributed by atoms with Gasteiger partial charge in [0, 0.05) is 34.9 Å². The maximum atomic E-state index is 14.8. The molecule has 364 valence electrons. The van der Waals surface area contributed by atoms with E-state index in [9.17, 15) is 27.6 Å². The number of aromatic nitrogens is 3. The van der Waals surface area contributed by atoms with Crippen LogP contribution in [0.3, 0.4) is 0 Å². The standard InChI is InChI=1S/C52H61N7O8S2/c1-32(2)59-41-21-15-19-38(45-53-40(31-68-45)35-24-22-34(23-25-35)33-16-11-10-12-17-33)43(41)55-48(59)66-37-28-42-44(60)56-52(47(62)57-69(64,65)51(6)26-27-51)29-36(52)18-13-8-7-9-14-20-39(46(61)58(42)30-37)54-49(63)67-50(3,4)5/h10-13,15-19,21-25,31-32,36-37,39,42H,7-9,14,20,26-30H2,1-6H3,(H,54,63)(H,56,60)(H,57,62)/b18-13-/t36-,37+,39-,42-,52+/m0/s1. The molecule has 2 saturated carbocycles. The summed E-state index contributed by atoms with van der Waals surface area (Å²) in [6.07, 6.45) is 6.53. The number of carbonyl (C=O) groups excluding carboxylic acids is 4. The Morgan fingerprint density at radius 1 is 0.928 bits per heavy atom. The van der Waals surface area contributed by atoms with E-state index in [0.29, 0.717) is 43.6 Å². The highest BCUT2D eigenvalue weighted by molar-refractivity contribution is 7.91. The lowest BCUT2D eigenvalue weighted by Crippen LogP contribution is -2.58. The van der Waals surface area contributed by atoms with E-state index < -0.39 is 73.8 Å². The zero-order chi connectivity index (χ0) is 48.9. The molecule has 17 heteroatoms. The molecule has 4 aliphatic rings. The molecule has 3 aromatic carbocycles. The molecular formula is C52H61N7O8S2. The third kappa shape index (κ3) is 10.0. The van der Waals surface area contributed by atoms with E-state index >= 15 is 0 Å². The van der Waals surface area contributed by atoms with Crippen molar-refractivity contribution in [2.24, 2.45) is 5.92 Å². The van der Waals surface area contributed by atoms with Gasteiger partial charge in [0.25, 0.3) is 11.9 Å². The number of nitrogens with zero attached hydrogens (tertiary/aromatic N) is 4. The summed E-state index contributed by atoms with van der Waals surface area (Å²) in [6.45, 7) is 10.8. The van der Waals surface area contributed by atoms with Gasteiger partial charge in [-0.3, -0.25) is 23.7 Å². The number of carbonyl (C=O) groups is 4. The number of para-hydroxylation sites is 1. The summed E-state index contributed by atoms with van der Waals surface area (Å²) in [4.78, 5) is 68.5. The Morgan fingerprint density at radius 3 is 2.36 bits per heavy atom. The molecule has 9 rings (SSSR count). The molecular weight excluding hydrogens is 915 g/mol. The van der Waals surface area contributed by atoms with E-state index in [1.807, 2.05) is 72.3 Å². The molecule has 0 radical (unpaired) electrons. The Balaban J connectivity index is 1.02. The highest BCUT2D eigenvalue weighted by Crippen LogP contribution is 2.48. The first-order chi connectivity index (χ1) is 32.8. The number of thiazole rings is 1. The SMILES string of the molecule is CC(C)n1c(O[C@@H]2C[C@H]3C(=O)N[C@]4(C(=O)NS(=O)(=O)C5(C)CC5)C[C@@H]4/C=C\CCCCC[C@H](NC(=O)OC(C)(C)C)C(=O)N3C2)nc2c(-c3nc(-c4ccc(-c5ccccc5)cc4)cs3)cccc21. The van der Waals surface area contributed by atoms with Gasteiger partial charge in [-0.25, -0.2) is 18.2 Å². The molecule has 2 aliphatic carbocycles. The number of rotatable bonds is 10. The summed E-state index contributed by atoms with van der Waals surface area (Å²) in [7, 11) is -4.02. The van der Waals surface area contributed by atoms with Crippen molar-refractivity contribution in [1.29, 1.82) is 0 Å². The lowest BCUT2D eigenvalue weighted by atomic mass is 10.0. The van der Waals surface area contributed by atoms with Crippen LogP contribution in [0.2, 0.25) is 0 Å². The summed E-state index contributed by atoms with van der Waals surface area (Å²) in [5, 5.41) is 8.55. The summed E-state index contributed by atoms with van der Waals surface area (Å²) >= 11 is 1.52. The highest BCUT2D eigenvalue weighted by atomic mass is 32.2. The van der Waals surface area contributed by atoms with Gasteiger partial charge in [0.1, 0.15) is 39.9 Å². The molecule has 15 nitrogen and oxygen atoms in total. The van der Waals surface area contributed by atoms with Crippen molar-refractivity contribution in [2.45, 2.75) is 139 Å². The van der Waals surface area contributed by atoms with Crippen molar-refractivity contribution in [3.05, 3.63) is 90.3 Å². The second-order valence-corrected chi connectivity index (χ2v) is 23.5. The number of hydrogen-bond donors (Lipinski definition) is 3. The average Bonchev–Trinajstić information content (AvgIpc) is 3.98. The second kappa shape index (κ2) is 18.7. The van der Waals surface area contributed by atoms with Crippen LogP contribution in [0.25, 0.3) is 44.0 Å². The average molecular weight is 976 g/mol. The largest absolute Gasteiger partial charge is 0.459 e. The third-order valence-electron chi connectivity index (χ3n) is 13.7. The van der Waals surface area contributed by atoms with Gasteiger partial charge >= 0.3 is 6.09 Å². The molecule has 0 spiro atoms. The van der Waals surface area contributed by atoms with Crippen LogP contribution >= 0.6 is 11.3 Å². The first-order valence-electron chi connectivity index (χ1n) is 24.0. The predicted octanol–water partition coefficient (Wildman–Crippen LogP) is 8.71. The van der Waals surface area contributed by atoms with E-state index in [1.165, 1.54) is 16.2 Å². The molecule has 69 heavy (non-hydrogen) atoms. The predicted molar refractivity (Wildman–Crippen MR) is 266 cm³/mol. The molecule has 5 aromatic rings. The van der Waals surface area contributed by atoms with Gasteiger partial charge < -0.3 is 25.0 Å². The minimum Gasteiger partial charge on any atom is -0.459 e. The maximum absolute atomic E-state index is 14.8. The quantitative estimate of drug-likeness (QED) is 0.114. The summed E-state index contributed by atoms with van der Waals surface area (Å²) in [5.74, 6) is -2.38. The van der Waals surface area contributed by atoms with E-state index in [4.69, 9.17) is 19.4 Å². The van der Waals surface area contributed by atoms with Crippen molar-refractivity contribution in [3.8, 4) is 39.0 Å².